The Labute approximate surface area is 153 Å². The van der Waals surface area contributed by atoms with Crippen LogP contribution in [0.1, 0.15) is 39.0 Å². The number of rotatable bonds is 5. The van der Waals surface area contributed by atoms with E-state index in [1.807, 2.05) is 0 Å². The van der Waals surface area contributed by atoms with Crippen molar-refractivity contribution < 1.29 is 18.0 Å². The number of benzene rings is 1. The normalized spacial score (nSPS) is 20.5. The summed E-state index contributed by atoms with van der Waals surface area (Å²) >= 11 is 0. The first-order valence-corrected chi connectivity index (χ1v) is 10.3. The zero-order valence-electron chi connectivity index (χ0n) is 14.7. The first kappa shape index (κ1) is 18.6. The third kappa shape index (κ3) is 4.13. The van der Waals surface area contributed by atoms with E-state index in [2.05, 4.69) is 21.4 Å². The molecule has 140 valence electrons. The lowest BCUT2D eigenvalue weighted by molar-refractivity contribution is -0.128. The molecule has 26 heavy (non-hydrogen) atoms. The van der Waals surface area contributed by atoms with E-state index in [1.54, 1.807) is 0 Å². The van der Waals surface area contributed by atoms with Gasteiger partial charge in [0.2, 0.25) is 21.8 Å². The van der Waals surface area contributed by atoms with Crippen LogP contribution in [-0.4, -0.2) is 26.8 Å². The third-order valence-electron chi connectivity index (χ3n) is 4.73. The van der Waals surface area contributed by atoms with E-state index in [9.17, 15) is 18.0 Å². The Morgan fingerprint density at radius 3 is 2.54 bits per heavy atom. The molecule has 1 atom stereocenters. The van der Waals surface area contributed by atoms with Crippen LogP contribution in [0.4, 0.5) is 11.4 Å². The Balaban J connectivity index is 1.72. The van der Waals surface area contributed by atoms with Crippen LogP contribution < -0.4 is 15.4 Å². The van der Waals surface area contributed by atoms with Crippen molar-refractivity contribution in [1.82, 2.24) is 4.72 Å². The quantitative estimate of drug-likeness (QED) is 0.541. The van der Waals surface area contributed by atoms with E-state index in [-0.39, 0.29) is 10.6 Å². The minimum atomic E-state index is -3.69. The van der Waals surface area contributed by atoms with Crippen LogP contribution in [0.15, 0.2) is 34.7 Å². The van der Waals surface area contributed by atoms with Crippen LogP contribution in [0.25, 0.3) is 0 Å². The molecule has 2 aliphatic rings. The second-order valence-electron chi connectivity index (χ2n) is 6.66. The van der Waals surface area contributed by atoms with Gasteiger partial charge in [-0.2, -0.15) is 0 Å². The highest BCUT2D eigenvalue weighted by atomic mass is 32.2. The lowest BCUT2D eigenvalue weighted by atomic mass is 9.97. The highest BCUT2D eigenvalue weighted by Gasteiger charge is 2.27. The van der Waals surface area contributed by atoms with Crippen LogP contribution in [0.2, 0.25) is 0 Å². The summed E-state index contributed by atoms with van der Waals surface area (Å²) < 4.78 is 27.7. The van der Waals surface area contributed by atoms with Crippen molar-refractivity contribution in [3.8, 4) is 0 Å². The van der Waals surface area contributed by atoms with E-state index in [4.69, 9.17) is 0 Å². The predicted molar refractivity (Wildman–Crippen MR) is 99.2 cm³/mol. The Hall–Kier alpha value is -2.19. The summed E-state index contributed by atoms with van der Waals surface area (Å²) in [6, 6.07) is 4.28. The second-order valence-corrected chi connectivity index (χ2v) is 8.43. The maximum Gasteiger partial charge on any atom is 0.240 e. The molecule has 3 rings (SSSR count). The van der Waals surface area contributed by atoms with Crippen molar-refractivity contribution >= 4 is 33.2 Å². The molecule has 0 spiro atoms. The summed E-state index contributed by atoms with van der Waals surface area (Å²) in [5.41, 5.74) is 1.97. The number of hydrogen-bond donors (Lipinski definition) is 3. The number of carbonyl (C=O) groups excluding carboxylic acids is 2. The van der Waals surface area contributed by atoms with E-state index in [0.717, 1.165) is 19.3 Å². The van der Waals surface area contributed by atoms with Crippen molar-refractivity contribution in [2.45, 2.75) is 43.9 Å². The molecule has 1 heterocycles. The van der Waals surface area contributed by atoms with Crippen LogP contribution in [-0.2, 0) is 19.6 Å². The fourth-order valence-electron chi connectivity index (χ4n) is 3.06. The average Bonchev–Trinajstić information content (AvgIpc) is 2.72. The molecule has 2 amide bonds. The molecule has 0 radical (unpaired) electrons. The standard InChI is InChI=1S/C18H23N3O4S/c1-12-17(22)20-15-8-7-14(11-16(15)21-18(12)23)26(24,25)19-10-9-13-5-3-2-4-6-13/h5,7-8,11-12,19H,2-4,6,9-10H2,1H3,(H,20,22)(H,21,23). The molecular weight excluding hydrogens is 354 g/mol. The molecule has 8 heteroatoms. The fraction of sp³-hybridized carbons (Fsp3) is 0.444. The van der Waals surface area contributed by atoms with Gasteiger partial charge in [0.15, 0.2) is 0 Å². The zero-order chi connectivity index (χ0) is 18.7. The lowest BCUT2D eigenvalue weighted by Crippen LogP contribution is -2.28. The molecule has 1 aliphatic heterocycles. The largest absolute Gasteiger partial charge is 0.324 e. The van der Waals surface area contributed by atoms with Gasteiger partial charge in [0.1, 0.15) is 5.92 Å². The molecule has 0 aromatic heterocycles. The number of anilines is 2. The van der Waals surface area contributed by atoms with Gasteiger partial charge in [0.25, 0.3) is 0 Å². The van der Waals surface area contributed by atoms with Gasteiger partial charge in [0, 0.05) is 6.54 Å². The minimum absolute atomic E-state index is 0.0537. The molecule has 3 N–H and O–H groups in total. The Kier molecular flexibility index (Phi) is 5.43. The molecule has 0 saturated heterocycles. The van der Waals surface area contributed by atoms with Crippen LogP contribution in [0.3, 0.4) is 0 Å². The molecule has 0 saturated carbocycles. The molecule has 1 unspecified atom stereocenters. The van der Waals surface area contributed by atoms with Crippen LogP contribution in [0, 0.1) is 5.92 Å². The van der Waals surface area contributed by atoms with Gasteiger partial charge in [-0.15, -0.1) is 0 Å². The van der Waals surface area contributed by atoms with E-state index in [1.165, 1.54) is 37.1 Å². The first-order valence-electron chi connectivity index (χ1n) is 8.80. The summed E-state index contributed by atoms with van der Waals surface area (Å²) in [7, 11) is -3.69. The Morgan fingerprint density at radius 1 is 1.12 bits per heavy atom. The summed E-state index contributed by atoms with van der Waals surface area (Å²) in [6.45, 7) is 1.83. The Morgan fingerprint density at radius 2 is 1.85 bits per heavy atom. The van der Waals surface area contributed by atoms with E-state index in [0.29, 0.717) is 18.7 Å². The van der Waals surface area contributed by atoms with Gasteiger partial charge in [-0.3, -0.25) is 9.59 Å². The van der Waals surface area contributed by atoms with Crippen molar-refractivity contribution in [2.24, 2.45) is 5.92 Å². The summed E-state index contributed by atoms with van der Waals surface area (Å²) in [5, 5.41) is 5.22. The lowest BCUT2D eigenvalue weighted by Gasteiger charge is -2.14. The summed E-state index contributed by atoms with van der Waals surface area (Å²) in [4.78, 5) is 23.9. The number of nitrogens with one attached hydrogen (secondary N) is 3. The average molecular weight is 377 g/mol. The highest BCUT2D eigenvalue weighted by Crippen LogP contribution is 2.29. The summed E-state index contributed by atoms with van der Waals surface area (Å²) in [6.07, 6.45) is 7.35. The minimum Gasteiger partial charge on any atom is -0.324 e. The molecule has 7 nitrogen and oxygen atoms in total. The van der Waals surface area contributed by atoms with E-state index >= 15 is 0 Å². The third-order valence-corrected chi connectivity index (χ3v) is 6.19. The van der Waals surface area contributed by atoms with Crippen molar-refractivity contribution in [1.29, 1.82) is 0 Å². The number of carbonyl (C=O) groups is 2. The molecule has 0 bridgehead atoms. The zero-order valence-corrected chi connectivity index (χ0v) is 15.5. The Bertz CT molecular complexity index is 861. The monoisotopic (exact) mass is 377 g/mol. The van der Waals surface area contributed by atoms with Crippen molar-refractivity contribution in [3.63, 3.8) is 0 Å². The van der Waals surface area contributed by atoms with Crippen LogP contribution in [0.5, 0.6) is 0 Å². The maximum absolute atomic E-state index is 12.5. The smallest absolute Gasteiger partial charge is 0.240 e. The number of sulfonamides is 1. The first-order chi connectivity index (χ1) is 12.4. The SMILES string of the molecule is CC1C(=O)Nc2ccc(S(=O)(=O)NCCC3=CCCCC3)cc2NC1=O. The van der Waals surface area contributed by atoms with Crippen LogP contribution >= 0.6 is 0 Å². The topological polar surface area (TPSA) is 104 Å². The fourth-order valence-corrected chi connectivity index (χ4v) is 4.12. The van der Waals surface area contributed by atoms with Gasteiger partial charge in [0.05, 0.1) is 16.3 Å². The van der Waals surface area contributed by atoms with E-state index < -0.39 is 27.8 Å². The summed E-state index contributed by atoms with van der Waals surface area (Å²) in [5.74, 6) is -1.73. The van der Waals surface area contributed by atoms with Gasteiger partial charge in [-0.05, 0) is 57.2 Å². The maximum atomic E-state index is 12.5. The van der Waals surface area contributed by atoms with Gasteiger partial charge < -0.3 is 10.6 Å². The highest BCUT2D eigenvalue weighted by molar-refractivity contribution is 7.89. The van der Waals surface area contributed by atoms with Crippen molar-refractivity contribution in [2.75, 3.05) is 17.2 Å². The molecule has 1 aliphatic carbocycles. The van der Waals surface area contributed by atoms with Gasteiger partial charge >= 0.3 is 0 Å². The number of amides is 2. The number of fused-ring (bicyclic) bond motifs is 1. The molecule has 1 aromatic carbocycles. The predicted octanol–water partition coefficient (Wildman–Crippen LogP) is 2.38. The van der Waals surface area contributed by atoms with Crippen molar-refractivity contribution in [3.05, 3.63) is 29.8 Å². The molecule has 0 fully saturated rings. The molecular formula is C18H23N3O4S. The van der Waals surface area contributed by atoms with Gasteiger partial charge in [-0.1, -0.05) is 11.6 Å². The number of hydrogen-bond acceptors (Lipinski definition) is 4. The molecule has 1 aromatic rings. The number of allylic oxidation sites excluding steroid dienone is 1. The second kappa shape index (κ2) is 7.59. The van der Waals surface area contributed by atoms with Gasteiger partial charge in [-0.25, -0.2) is 13.1 Å².